The van der Waals surface area contributed by atoms with Crippen molar-refractivity contribution in [1.29, 1.82) is 0 Å². The fourth-order valence-corrected chi connectivity index (χ4v) is 5.13. The number of hydrogen-bond donors (Lipinski definition) is 6. The second-order valence-electron chi connectivity index (χ2n) is 9.97. The van der Waals surface area contributed by atoms with Crippen molar-refractivity contribution < 1.29 is 33.0 Å². The molecule has 1 aliphatic rings. The standard InChI is InChI=1S/C15H11Cl2F3N2O2.C14H18Cl2N2O2/c1-7-10(16)6-11(13(23)12(7)17)22-14(24)21-9-4-2-8(3-5-9)15(18,19)20;1-8-10(15)7-11(13(19)12(8)16)18-14(20)17-9-5-3-2-4-6-9/h2-6,23H,1H3,(H2,21,22,24);7,9,19H,2-6H2,1H3,(H2,17,18,20). The van der Waals surface area contributed by atoms with Gasteiger partial charge in [-0.3, -0.25) is 0 Å². The summed E-state index contributed by atoms with van der Waals surface area (Å²) in [4.78, 5) is 23.8. The number of carbonyl (C=O) groups is 2. The van der Waals surface area contributed by atoms with Crippen LogP contribution in [0, 0.1) is 13.8 Å². The van der Waals surface area contributed by atoms with Gasteiger partial charge in [0.25, 0.3) is 0 Å². The molecule has 6 N–H and O–H groups in total. The van der Waals surface area contributed by atoms with Crippen molar-refractivity contribution in [1.82, 2.24) is 5.32 Å². The Labute approximate surface area is 271 Å². The van der Waals surface area contributed by atoms with Crippen molar-refractivity contribution in [3.63, 3.8) is 0 Å². The Bertz CT molecular complexity index is 1520. The van der Waals surface area contributed by atoms with Crippen molar-refractivity contribution in [3.8, 4) is 11.5 Å². The number of urea groups is 2. The van der Waals surface area contributed by atoms with Crippen LogP contribution in [0.3, 0.4) is 0 Å². The maximum absolute atomic E-state index is 12.5. The predicted molar refractivity (Wildman–Crippen MR) is 169 cm³/mol. The van der Waals surface area contributed by atoms with E-state index in [0.717, 1.165) is 49.9 Å². The Balaban J connectivity index is 0.000000244. The van der Waals surface area contributed by atoms with Gasteiger partial charge in [-0.25, -0.2) is 9.59 Å². The first-order valence-electron chi connectivity index (χ1n) is 13.3. The molecule has 44 heavy (non-hydrogen) atoms. The van der Waals surface area contributed by atoms with Crippen LogP contribution in [0.15, 0.2) is 36.4 Å². The molecule has 0 unspecified atom stereocenters. The first-order chi connectivity index (χ1) is 20.6. The van der Waals surface area contributed by atoms with Crippen LogP contribution in [0.2, 0.25) is 20.1 Å². The normalized spacial score (nSPS) is 13.4. The number of aromatic hydroxyl groups is 2. The second-order valence-corrected chi connectivity index (χ2v) is 11.5. The maximum Gasteiger partial charge on any atom is 0.416 e. The zero-order chi connectivity index (χ0) is 32.8. The van der Waals surface area contributed by atoms with Crippen LogP contribution in [0.5, 0.6) is 11.5 Å². The topological polar surface area (TPSA) is 123 Å². The van der Waals surface area contributed by atoms with E-state index in [9.17, 15) is 33.0 Å². The molecule has 3 aromatic carbocycles. The van der Waals surface area contributed by atoms with Gasteiger partial charge in [0.15, 0.2) is 11.5 Å². The highest BCUT2D eigenvalue weighted by molar-refractivity contribution is 6.38. The predicted octanol–water partition coefficient (Wildman–Crippen LogP) is 10.1. The highest BCUT2D eigenvalue weighted by atomic mass is 35.5. The fourth-order valence-electron chi connectivity index (χ4n) is 4.22. The van der Waals surface area contributed by atoms with Crippen molar-refractivity contribution in [2.75, 3.05) is 16.0 Å². The van der Waals surface area contributed by atoms with E-state index < -0.39 is 17.8 Å². The summed E-state index contributed by atoms with van der Waals surface area (Å²) in [5.74, 6) is -0.520. The van der Waals surface area contributed by atoms with Gasteiger partial charge in [0.1, 0.15) is 0 Å². The lowest BCUT2D eigenvalue weighted by atomic mass is 9.96. The number of halogens is 7. The number of carbonyl (C=O) groups excluding carboxylic acids is 2. The van der Waals surface area contributed by atoms with E-state index in [1.165, 1.54) is 18.6 Å². The summed E-state index contributed by atoms with van der Waals surface area (Å²) in [7, 11) is 0. The van der Waals surface area contributed by atoms with Crippen LogP contribution in [0.4, 0.5) is 39.8 Å². The monoisotopic (exact) mass is 694 g/mol. The minimum atomic E-state index is -4.46. The third-order valence-electron chi connectivity index (χ3n) is 6.75. The summed E-state index contributed by atoms with van der Waals surface area (Å²) in [6.07, 6.45) is 1.03. The molecule has 0 heterocycles. The fraction of sp³-hybridized carbons (Fsp3) is 0.310. The molecule has 15 heteroatoms. The van der Waals surface area contributed by atoms with E-state index >= 15 is 0 Å². The smallest absolute Gasteiger partial charge is 0.416 e. The lowest BCUT2D eigenvalue weighted by Gasteiger charge is -2.23. The van der Waals surface area contributed by atoms with E-state index in [-0.39, 0.29) is 55.7 Å². The number of phenolic OH excluding ortho intramolecular Hbond substituents is 2. The van der Waals surface area contributed by atoms with Gasteiger partial charge < -0.3 is 31.5 Å². The SMILES string of the molecule is Cc1c(Cl)cc(NC(=O)NC2CCCCC2)c(O)c1Cl.Cc1c(Cl)cc(NC(=O)Nc2ccc(C(F)(F)F)cc2)c(O)c1Cl. The number of phenols is 2. The zero-order valence-corrected chi connectivity index (χ0v) is 26.5. The molecule has 0 aliphatic heterocycles. The third kappa shape index (κ3) is 9.37. The van der Waals surface area contributed by atoms with Crippen molar-refractivity contribution in [2.24, 2.45) is 0 Å². The van der Waals surface area contributed by atoms with E-state index in [2.05, 4.69) is 21.3 Å². The van der Waals surface area contributed by atoms with Gasteiger partial charge in [-0.05, 0) is 74.2 Å². The van der Waals surface area contributed by atoms with Crippen LogP contribution in [0.1, 0.15) is 48.8 Å². The lowest BCUT2D eigenvalue weighted by Crippen LogP contribution is -2.39. The van der Waals surface area contributed by atoms with Gasteiger partial charge in [-0.15, -0.1) is 0 Å². The molecule has 1 saturated carbocycles. The van der Waals surface area contributed by atoms with E-state index in [1.807, 2.05) is 0 Å². The molecule has 4 amide bonds. The molecule has 0 spiro atoms. The Kier molecular flexibility index (Phi) is 12.1. The average molecular weight is 696 g/mol. The highest BCUT2D eigenvalue weighted by Gasteiger charge is 2.30. The van der Waals surface area contributed by atoms with Crippen LogP contribution in [-0.2, 0) is 6.18 Å². The largest absolute Gasteiger partial charge is 0.504 e. The molecular formula is C29H29Cl4F3N4O4. The Morgan fingerprint density at radius 3 is 1.66 bits per heavy atom. The first kappa shape index (κ1) is 35.2. The van der Waals surface area contributed by atoms with Crippen LogP contribution in [-0.4, -0.2) is 28.3 Å². The van der Waals surface area contributed by atoms with Crippen LogP contribution in [0.25, 0.3) is 0 Å². The molecule has 0 aromatic heterocycles. The molecule has 4 rings (SSSR count). The van der Waals surface area contributed by atoms with Crippen LogP contribution >= 0.6 is 46.4 Å². The van der Waals surface area contributed by atoms with Crippen molar-refractivity contribution in [3.05, 3.63) is 73.2 Å². The number of amides is 4. The second kappa shape index (κ2) is 15.2. The summed E-state index contributed by atoms with van der Waals surface area (Å²) in [5, 5.41) is 30.8. The van der Waals surface area contributed by atoms with Crippen molar-refractivity contribution in [2.45, 2.75) is 58.2 Å². The van der Waals surface area contributed by atoms with E-state index in [4.69, 9.17) is 46.4 Å². The zero-order valence-electron chi connectivity index (χ0n) is 23.4. The Hall–Kier alpha value is -3.25. The molecule has 0 atom stereocenters. The highest BCUT2D eigenvalue weighted by Crippen LogP contribution is 2.40. The summed E-state index contributed by atoms with van der Waals surface area (Å²) >= 11 is 23.8. The minimum absolute atomic E-state index is 0.00710. The minimum Gasteiger partial charge on any atom is -0.504 e. The summed E-state index contributed by atoms with van der Waals surface area (Å²) in [5.41, 5.74) is 0.542. The molecule has 0 bridgehead atoms. The van der Waals surface area contributed by atoms with E-state index in [0.29, 0.717) is 16.1 Å². The van der Waals surface area contributed by atoms with E-state index in [1.54, 1.807) is 13.8 Å². The maximum atomic E-state index is 12.5. The average Bonchev–Trinajstić information content (AvgIpc) is 2.97. The molecule has 0 saturated heterocycles. The van der Waals surface area contributed by atoms with Gasteiger partial charge in [-0.1, -0.05) is 65.7 Å². The molecule has 1 fully saturated rings. The summed E-state index contributed by atoms with van der Waals surface area (Å²) in [6, 6.07) is 5.78. The quantitative estimate of drug-likeness (QED) is 0.152. The van der Waals surface area contributed by atoms with Gasteiger partial charge in [0, 0.05) is 21.8 Å². The van der Waals surface area contributed by atoms with Crippen molar-refractivity contribution >= 4 is 75.5 Å². The number of alkyl halides is 3. The van der Waals surface area contributed by atoms with Gasteiger partial charge in [-0.2, -0.15) is 13.2 Å². The number of nitrogens with one attached hydrogen (secondary N) is 4. The molecule has 8 nitrogen and oxygen atoms in total. The molecular weight excluding hydrogens is 667 g/mol. The summed E-state index contributed by atoms with van der Waals surface area (Å²) < 4.78 is 37.4. The number of rotatable bonds is 4. The lowest BCUT2D eigenvalue weighted by molar-refractivity contribution is -0.137. The third-order valence-corrected chi connectivity index (χ3v) is 8.46. The molecule has 238 valence electrons. The Morgan fingerprint density at radius 2 is 1.20 bits per heavy atom. The molecule has 1 aliphatic carbocycles. The van der Waals surface area contributed by atoms with Crippen LogP contribution < -0.4 is 21.3 Å². The number of hydrogen-bond acceptors (Lipinski definition) is 4. The number of benzene rings is 3. The van der Waals surface area contributed by atoms with Gasteiger partial charge in [0.2, 0.25) is 0 Å². The molecule has 3 aromatic rings. The first-order valence-corrected chi connectivity index (χ1v) is 14.8. The Morgan fingerprint density at radius 1 is 0.750 bits per heavy atom. The number of anilines is 3. The van der Waals surface area contributed by atoms with Gasteiger partial charge in [0.05, 0.1) is 27.0 Å². The van der Waals surface area contributed by atoms with Gasteiger partial charge >= 0.3 is 18.2 Å². The summed E-state index contributed by atoms with van der Waals surface area (Å²) in [6.45, 7) is 3.30. The molecule has 0 radical (unpaired) electrons.